The molecular formula is C19H19F2N3O3S. The molecule has 1 amide bonds. The van der Waals surface area contributed by atoms with Crippen molar-refractivity contribution >= 4 is 27.5 Å². The van der Waals surface area contributed by atoms with E-state index in [9.17, 15) is 18.4 Å². The van der Waals surface area contributed by atoms with Crippen molar-refractivity contribution in [3.8, 4) is 5.75 Å². The van der Waals surface area contributed by atoms with Crippen molar-refractivity contribution in [2.75, 3.05) is 6.54 Å². The number of halogens is 2. The maximum atomic E-state index is 12.6. The number of thiophene rings is 1. The van der Waals surface area contributed by atoms with Gasteiger partial charge in [-0.05, 0) is 43.5 Å². The fourth-order valence-electron chi connectivity index (χ4n) is 2.78. The normalized spacial score (nSPS) is 11.2. The molecule has 0 aliphatic carbocycles. The van der Waals surface area contributed by atoms with Crippen molar-refractivity contribution in [1.29, 1.82) is 0 Å². The van der Waals surface area contributed by atoms with E-state index in [0.717, 1.165) is 16.0 Å². The van der Waals surface area contributed by atoms with Crippen LogP contribution in [0.15, 0.2) is 35.4 Å². The van der Waals surface area contributed by atoms with Crippen molar-refractivity contribution in [2.45, 2.75) is 33.4 Å². The van der Waals surface area contributed by atoms with Crippen LogP contribution in [0.5, 0.6) is 5.75 Å². The first-order chi connectivity index (χ1) is 13.3. The van der Waals surface area contributed by atoms with Crippen LogP contribution >= 0.6 is 11.3 Å². The van der Waals surface area contributed by atoms with Gasteiger partial charge in [-0.1, -0.05) is 12.1 Å². The molecule has 2 aromatic heterocycles. The van der Waals surface area contributed by atoms with Crippen LogP contribution < -0.4 is 15.6 Å². The molecular weight excluding hydrogens is 388 g/mol. The third-order valence-corrected chi connectivity index (χ3v) is 5.47. The number of aryl methyl sites for hydroxylation is 2. The van der Waals surface area contributed by atoms with Crippen LogP contribution in [0.2, 0.25) is 0 Å². The number of aromatic nitrogens is 2. The number of nitrogens with one attached hydrogen (secondary N) is 1. The number of hydrogen-bond donors (Lipinski definition) is 1. The van der Waals surface area contributed by atoms with Gasteiger partial charge < -0.3 is 10.1 Å². The molecule has 148 valence electrons. The van der Waals surface area contributed by atoms with E-state index >= 15 is 0 Å². The van der Waals surface area contributed by atoms with Gasteiger partial charge >= 0.3 is 6.61 Å². The van der Waals surface area contributed by atoms with Crippen LogP contribution in [-0.2, 0) is 17.8 Å². The first kappa shape index (κ1) is 19.9. The first-order valence-electron chi connectivity index (χ1n) is 8.60. The standard InChI is InChI=1S/C19H19F2N3O3S/c1-11-12(2)28-17-16(11)18(26)24(10-23-17)9-15(25)22-8-7-13-3-5-14(6-4-13)27-19(20)21/h3-6,10,19H,7-9H2,1-2H3,(H,22,25). The molecule has 0 saturated carbocycles. The zero-order valence-corrected chi connectivity index (χ0v) is 16.2. The summed E-state index contributed by atoms with van der Waals surface area (Å²) in [7, 11) is 0. The summed E-state index contributed by atoms with van der Waals surface area (Å²) >= 11 is 1.46. The van der Waals surface area contributed by atoms with Gasteiger partial charge in [0.2, 0.25) is 5.91 Å². The molecule has 0 atom stereocenters. The van der Waals surface area contributed by atoms with Crippen LogP contribution in [-0.4, -0.2) is 28.6 Å². The summed E-state index contributed by atoms with van der Waals surface area (Å²) in [6.07, 6.45) is 1.91. The monoisotopic (exact) mass is 407 g/mol. The Bertz CT molecular complexity index is 1040. The van der Waals surface area contributed by atoms with Crippen molar-refractivity contribution in [3.63, 3.8) is 0 Å². The van der Waals surface area contributed by atoms with Crippen LogP contribution in [0, 0.1) is 13.8 Å². The van der Waals surface area contributed by atoms with Gasteiger partial charge in [0.05, 0.1) is 11.7 Å². The summed E-state index contributed by atoms with van der Waals surface area (Å²) < 4.78 is 29.9. The number of nitrogens with zero attached hydrogens (tertiary/aromatic N) is 2. The molecule has 1 N–H and O–H groups in total. The minimum Gasteiger partial charge on any atom is -0.435 e. The highest BCUT2D eigenvalue weighted by atomic mass is 32.1. The van der Waals surface area contributed by atoms with Crippen LogP contribution in [0.25, 0.3) is 10.2 Å². The van der Waals surface area contributed by atoms with Gasteiger partial charge in [0, 0.05) is 11.4 Å². The summed E-state index contributed by atoms with van der Waals surface area (Å²) in [5, 5.41) is 3.31. The Kier molecular flexibility index (Phi) is 6.03. The van der Waals surface area contributed by atoms with Gasteiger partial charge in [-0.25, -0.2) is 4.98 Å². The largest absolute Gasteiger partial charge is 0.435 e. The zero-order valence-electron chi connectivity index (χ0n) is 15.4. The Morgan fingerprint density at radius 1 is 1.29 bits per heavy atom. The number of amides is 1. The minimum atomic E-state index is -2.86. The highest BCUT2D eigenvalue weighted by Crippen LogP contribution is 2.25. The number of rotatable bonds is 7. The predicted molar refractivity (Wildman–Crippen MR) is 103 cm³/mol. The molecule has 0 aliphatic rings. The third kappa shape index (κ3) is 4.53. The summed E-state index contributed by atoms with van der Waals surface area (Å²) in [5.74, 6) is -0.213. The summed E-state index contributed by atoms with van der Waals surface area (Å²) in [6, 6.07) is 6.23. The lowest BCUT2D eigenvalue weighted by Gasteiger charge is -2.08. The van der Waals surface area contributed by atoms with Gasteiger partial charge in [0.15, 0.2) is 0 Å². The number of carbonyl (C=O) groups is 1. The minimum absolute atomic E-state index is 0.0870. The Hall–Kier alpha value is -2.81. The van der Waals surface area contributed by atoms with Gasteiger partial charge in [0.25, 0.3) is 5.56 Å². The van der Waals surface area contributed by atoms with E-state index < -0.39 is 6.61 Å². The van der Waals surface area contributed by atoms with Gasteiger partial charge in [0.1, 0.15) is 17.1 Å². The zero-order chi connectivity index (χ0) is 20.3. The van der Waals surface area contributed by atoms with E-state index in [1.165, 1.54) is 34.4 Å². The van der Waals surface area contributed by atoms with Crippen LogP contribution in [0.1, 0.15) is 16.0 Å². The molecule has 6 nitrogen and oxygen atoms in total. The van der Waals surface area contributed by atoms with E-state index in [0.29, 0.717) is 23.2 Å². The lowest BCUT2D eigenvalue weighted by Crippen LogP contribution is -2.33. The molecule has 0 radical (unpaired) electrons. The highest BCUT2D eigenvalue weighted by Gasteiger charge is 2.13. The SMILES string of the molecule is Cc1sc2ncn(CC(=O)NCCc3ccc(OC(F)F)cc3)c(=O)c2c1C. The smallest absolute Gasteiger partial charge is 0.387 e. The lowest BCUT2D eigenvalue weighted by atomic mass is 10.1. The molecule has 3 aromatic rings. The van der Waals surface area contributed by atoms with Crippen LogP contribution in [0.3, 0.4) is 0 Å². The van der Waals surface area contributed by atoms with E-state index in [1.54, 1.807) is 12.1 Å². The number of benzene rings is 1. The Morgan fingerprint density at radius 2 is 2.00 bits per heavy atom. The topological polar surface area (TPSA) is 73.2 Å². The molecule has 0 spiro atoms. The molecule has 1 aromatic carbocycles. The third-order valence-electron chi connectivity index (χ3n) is 4.35. The average molecular weight is 407 g/mol. The van der Waals surface area contributed by atoms with Crippen molar-refractivity contribution < 1.29 is 18.3 Å². The maximum absolute atomic E-state index is 12.6. The van der Waals surface area contributed by atoms with Gasteiger partial charge in [-0.2, -0.15) is 8.78 Å². The molecule has 0 aliphatic heterocycles. The van der Waals surface area contributed by atoms with E-state index in [1.807, 2.05) is 13.8 Å². The summed E-state index contributed by atoms with van der Waals surface area (Å²) in [4.78, 5) is 30.7. The number of fused-ring (bicyclic) bond motifs is 1. The summed E-state index contributed by atoms with van der Waals surface area (Å²) in [6.45, 7) is 1.19. The second-order valence-corrected chi connectivity index (χ2v) is 7.47. The quantitative estimate of drug-likeness (QED) is 0.653. The Labute approximate surface area is 163 Å². The Morgan fingerprint density at radius 3 is 2.68 bits per heavy atom. The highest BCUT2D eigenvalue weighted by molar-refractivity contribution is 7.18. The molecule has 9 heteroatoms. The Balaban J connectivity index is 1.56. The fraction of sp³-hybridized carbons (Fsp3) is 0.316. The van der Waals surface area contributed by atoms with Gasteiger partial charge in [-0.3, -0.25) is 14.2 Å². The number of ether oxygens (including phenoxy) is 1. The number of alkyl halides is 2. The molecule has 0 saturated heterocycles. The fourth-order valence-corrected chi connectivity index (χ4v) is 3.76. The maximum Gasteiger partial charge on any atom is 0.387 e. The molecule has 0 fully saturated rings. The van der Waals surface area contributed by atoms with Crippen LogP contribution in [0.4, 0.5) is 8.78 Å². The second kappa shape index (κ2) is 8.47. The van der Waals surface area contributed by atoms with Crippen molar-refractivity contribution in [1.82, 2.24) is 14.9 Å². The molecule has 2 heterocycles. The lowest BCUT2D eigenvalue weighted by molar-refractivity contribution is -0.121. The molecule has 0 unspecified atom stereocenters. The second-order valence-electron chi connectivity index (χ2n) is 6.26. The molecule has 3 rings (SSSR count). The molecule has 28 heavy (non-hydrogen) atoms. The van der Waals surface area contributed by atoms with Crippen molar-refractivity contribution in [2.24, 2.45) is 0 Å². The van der Waals surface area contributed by atoms with E-state index in [-0.39, 0.29) is 23.8 Å². The number of hydrogen-bond acceptors (Lipinski definition) is 5. The molecule has 0 bridgehead atoms. The van der Waals surface area contributed by atoms with E-state index in [4.69, 9.17) is 0 Å². The van der Waals surface area contributed by atoms with Gasteiger partial charge in [-0.15, -0.1) is 11.3 Å². The first-order valence-corrected chi connectivity index (χ1v) is 9.42. The van der Waals surface area contributed by atoms with Crippen molar-refractivity contribution in [3.05, 3.63) is 57.0 Å². The summed E-state index contributed by atoms with van der Waals surface area (Å²) in [5.41, 5.74) is 1.54. The number of carbonyl (C=O) groups excluding carboxylic acids is 1. The predicted octanol–water partition coefficient (Wildman–Crippen LogP) is 3.04. The van der Waals surface area contributed by atoms with E-state index in [2.05, 4.69) is 15.0 Å². The average Bonchev–Trinajstić information content (AvgIpc) is 2.93.